The Bertz CT molecular complexity index is 408. The van der Waals surface area contributed by atoms with Gasteiger partial charge in [-0.25, -0.2) is 0 Å². The van der Waals surface area contributed by atoms with Crippen LogP contribution < -0.4 is 5.32 Å². The summed E-state index contributed by atoms with van der Waals surface area (Å²) in [6, 6.07) is 10.1. The highest BCUT2D eigenvalue weighted by Crippen LogP contribution is 2.24. The fourth-order valence-electron chi connectivity index (χ4n) is 2.80. The van der Waals surface area contributed by atoms with Gasteiger partial charge in [0, 0.05) is 31.7 Å². The van der Waals surface area contributed by atoms with Crippen LogP contribution in [0.4, 0.5) is 0 Å². The average molecular weight is 290 g/mol. The van der Waals surface area contributed by atoms with Crippen molar-refractivity contribution < 1.29 is 4.74 Å². The highest BCUT2D eigenvalue weighted by atomic mass is 16.5. The van der Waals surface area contributed by atoms with Gasteiger partial charge >= 0.3 is 0 Å². The number of nitrogens with zero attached hydrogens (tertiary/aromatic N) is 1. The molecule has 0 saturated carbocycles. The second-order valence-electron chi connectivity index (χ2n) is 6.55. The number of benzene rings is 1. The second kappa shape index (κ2) is 7.92. The van der Waals surface area contributed by atoms with Gasteiger partial charge in [-0.15, -0.1) is 0 Å². The van der Waals surface area contributed by atoms with Crippen molar-refractivity contribution in [1.29, 1.82) is 0 Å². The van der Waals surface area contributed by atoms with Gasteiger partial charge in [-0.05, 0) is 17.0 Å². The summed E-state index contributed by atoms with van der Waals surface area (Å²) in [6.45, 7) is 13.6. The van der Waals surface area contributed by atoms with E-state index in [1.807, 2.05) is 0 Å². The number of hydrogen-bond acceptors (Lipinski definition) is 3. The summed E-state index contributed by atoms with van der Waals surface area (Å²) in [6.07, 6.45) is 0. The van der Waals surface area contributed by atoms with Gasteiger partial charge in [-0.1, -0.05) is 52.0 Å². The Hall–Kier alpha value is -0.900. The molecule has 1 unspecified atom stereocenters. The largest absolute Gasteiger partial charge is 0.379 e. The number of rotatable bonds is 6. The summed E-state index contributed by atoms with van der Waals surface area (Å²) in [4.78, 5) is 2.54. The molecule has 3 nitrogen and oxygen atoms in total. The van der Waals surface area contributed by atoms with Crippen molar-refractivity contribution in [2.75, 3.05) is 32.8 Å². The van der Waals surface area contributed by atoms with Gasteiger partial charge in [0.15, 0.2) is 0 Å². The lowest BCUT2D eigenvalue weighted by atomic mass is 9.98. The van der Waals surface area contributed by atoms with Crippen LogP contribution in [0.5, 0.6) is 0 Å². The van der Waals surface area contributed by atoms with Crippen LogP contribution >= 0.6 is 0 Å². The molecule has 1 aromatic rings. The molecule has 1 N–H and O–H groups in total. The monoisotopic (exact) mass is 290 g/mol. The van der Waals surface area contributed by atoms with Crippen molar-refractivity contribution in [3.63, 3.8) is 0 Å². The molecule has 0 amide bonds. The van der Waals surface area contributed by atoms with E-state index in [0.29, 0.717) is 18.0 Å². The van der Waals surface area contributed by atoms with Crippen LogP contribution in [0.25, 0.3) is 0 Å². The smallest absolute Gasteiger partial charge is 0.0594 e. The lowest BCUT2D eigenvalue weighted by Crippen LogP contribution is -2.43. The number of nitrogens with one attached hydrogen (secondary N) is 1. The Morgan fingerprint density at radius 1 is 1.00 bits per heavy atom. The molecule has 1 aliphatic rings. The first-order chi connectivity index (χ1) is 10.1. The summed E-state index contributed by atoms with van der Waals surface area (Å²) in [5.74, 6) is 0.592. The van der Waals surface area contributed by atoms with E-state index < -0.39 is 0 Å². The summed E-state index contributed by atoms with van der Waals surface area (Å²) in [5.41, 5.74) is 2.82. The van der Waals surface area contributed by atoms with Crippen LogP contribution in [0.3, 0.4) is 0 Å². The molecule has 3 heteroatoms. The fourth-order valence-corrected chi connectivity index (χ4v) is 2.80. The Labute approximate surface area is 129 Å². The Morgan fingerprint density at radius 2 is 1.57 bits per heavy atom. The third-order valence-corrected chi connectivity index (χ3v) is 4.19. The maximum absolute atomic E-state index is 5.50. The molecule has 0 aliphatic carbocycles. The fraction of sp³-hybridized carbons (Fsp3) is 0.667. The second-order valence-corrected chi connectivity index (χ2v) is 6.55. The van der Waals surface area contributed by atoms with E-state index in [1.165, 1.54) is 11.1 Å². The zero-order chi connectivity index (χ0) is 15.2. The van der Waals surface area contributed by atoms with Gasteiger partial charge in [-0.3, -0.25) is 4.90 Å². The van der Waals surface area contributed by atoms with Gasteiger partial charge in [-0.2, -0.15) is 0 Å². The minimum atomic E-state index is 0.442. The highest BCUT2D eigenvalue weighted by Gasteiger charge is 2.22. The molecule has 118 valence electrons. The van der Waals surface area contributed by atoms with Gasteiger partial charge < -0.3 is 10.1 Å². The molecule has 1 aromatic carbocycles. The van der Waals surface area contributed by atoms with Crippen molar-refractivity contribution in [3.05, 3.63) is 35.4 Å². The minimum Gasteiger partial charge on any atom is -0.379 e. The maximum atomic E-state index is 5.50. The Morgan fingerprint density at radius 3 is 2.10 bits per heavy atom. The molecule has 1 heterocycles. The van der Waals surface area contributed by atoms with E-state index in [4.69, 9.17) is 4.74 Å². The maximum Gasteiger partial charge on any atom is 0.0594 e. The number of ether oxygens (including phenoxy) is 1. The van der Waals surface area contributed by atoms with Crippen LogP contribution in [-0.4, -0.2) is 43.8 Å². The van der Waals surface area contributed by atoms with Gasteiger partial charge in [0.1, 0.15) is 0 Å². The molecule has 1 atom stereocenters. The zero-order valence-corrected chi connectivity index (χ0v) is 13.9. The summed E-state index contributed by atoms with van der Waals surface area (Å²) < 4.78 is 5.50. The molecule has 1 fully saturated rings. The van der Waals surface area contributed by atoms with Gasteiger partial charge in [0.05, 0.1) is 13.2 Å². The molecule has 21 heavy (non-hydrogen) atoms. The van der Waals surface area contributed by atoms with E-state index in [2.05, 4.69) is 62.2 Å². The number of morpholine rings is 1. The van der Waals surface area contributed by atoms with Crippen molar-refractivity contribution in [1.82, 2.24) is 10.2 Å². The average Bonchev–Trinajstić information content (AvgIpc) is 2.49. The lowest BCUT2D eigenvalue weighted by molar-refractivity contribution is 0.0158. The third-order valence-electron chi connectivity index (χ3n) is 4.19. The van der Waals surface area contributed by atoms with Crippen molar-refractivity contribution in [2.45, 2.75) is 45.7 Å². The van der Waals surface area contributed by atoms with Crippen molar-refractivity contribution in [2.24, 2.45) is 0 Å². The van der Waals surface area contributed by atoms with Crippen molar-refractivity contribution >= 4 is 0 Å². The summed E-state index contributed by atoms with van der Waals surface area (Å²) in [5, 5.41) is 3.60. The Balaban J connectivity index is 2.12. The van der Waals surface area contributed by atoms with Crippen LogP contribution in [-0.2, 0) is 4.74 Å². The molecule has 0 spiro atoms. The number of hydrogen-bond donors (Lipinski definition) is 1. The SMILES string of the molecule is CC(C)NCC(c1ccc(C(C)C)cc1)N1CCOCC1. The summed E-state index contributed by atoms with van der Waals surface area (Å²) in [7, 11) is 0. The van der Waals surface area contributed by atoms with E-state index in [0.717, 1.165) is 32.8 Å². The van der Waals surface area contributed by atoms with E-state index in [9.17, 15) is 0 Å². The van der Waals surface area contributed by atoms with Crippen LogP contribution in [0.2, 0.25) is 0 Å². The van der Waals surface area contributed by atoms with Crippen molar-refractivity contribution in [3.8, 4) is 0 Å². The predicted octanol–water partition coefficient (Wildman–Crippen LogP) is 3.18. The van der Waals surface area contributed by atoms with Gasteiger partial charge in [0.25, 0.3) is 0 Å². The van der Waals surface area contributed by atoms with Crippen LogP contribution in [0, 0.1) is 0 Å². The molecule has 1 aliphatic heterocycles. The zero-order valence-electron chi connectivity index (χ0n) is 13.9. The first-order valence-electron chi connectivity index (χ1n) is 8.23. The summed E-state index contributed by atoms with van der Waals surface area (Å²) >= 11 is 0. The van der Waals surface area contributed by atoms with Gasteiger partial charge in [0.2, 0.25) is 0 Å². The Kier molecular flexibility index (Phi) is 6.22. The molecule has 2 rings (SSSR count). The molecule has 1 saturated heterocycles. The van der Waals surface area contributed by atoms with E-state index in [1.54, 1.807) is 0 Å². The third kappa shape index (κ3) is 4.80. The molecule has 0 bridgehead atoms. The molecular weight excluding hydrogens is 260 g/mol. The van der Waals surface area contributed by atoms with E-state index >= 15 is 0 Å². The van der Waals surface area contributed by atoms with E-state index in [-0.39, 0.29) is 0 Å². The molecule has 0 aromatic heterocycles. The normalized spacial score (nSPS) is 18.4. The lowest BCUT2D eigenvalue weighted by Gasteiger charge is -2.35. The standard InChI is InChI=1S/C18H30N2O/c1-14(2)16-5-7-17(8-6-16)18(13-19-15(3)4)20-9-11-21-12-10-20/h5-8,14-15,18-19H,9-13H2,1-4H3. The highest BCUT2D eigenvalue weighted by molar-refractivity contribution is 5.27. The quantitative estimate of drug-likeness (QED) is 0.871. The van der Waals surface area contributed by atoms with Crippen LogP contribution in [0.15, 0.2) is 24.3 Å². The molecule has 0 radical (unpaired) electrons. The predicted molar refractivity (Wildman–Crippen MR) is 88.8 cm³/mol. The first-order valence-corrected chi connectivity index (χ1v) is 8.23. The minimum absolute atomic E-state index is 0.442. The first kappa shape index (κ1) is 16.5. The molecular formula is C18H30N2O. The topological polar surface area (TPSA) is 24.5 Å². The van der Waals surface area contributed by atoms with Crippen LogP contribution in [0.1, 0.15) is 50.8 Å².